The number of pyridine rings is 1. The smallest absolute Gasteiger partial charge is 0.154 e. The fraction of sp³-hybridized carbons (Fsp3) is 0.562. The molecule has 2 aromatic heterocycles. The molecule has 0 spiro atoms. The second kappa shape index (κ2) is 6.14. The average Bonchev–Trinajstić information content (AvgIpc) is 3.26. The first-order valence-corrected chi connectivity index (χ1v) is 8.10. The molecule has 2 aliphatic heterocycles. The van der Waals surface area contributed by atoms with E-state index in [1.807, 2.05) is 23.0 Å². The van der Waals surface area contributed by atoms with Gasteiger partial charge in [-0.2, -0.15) is 5.10 Å². The molecule has 4 rings (SSSR count). The molecule has 0 aromatic carbocycles. The van der Waals surface area contributed by atoms with Crippen LogP contribution in [0.25, 0.3) is 5.69 Å². The number of ether oxygens (including phenoxy) is 1. The second-order valence-corrected chi connectivity index (χ2v) is 5.99. The maximum Gasteiger partial charge on any atom is 0.154 e. The van der Waals surface area contributed by atoms with Crippen LogP contribution in [0.4, 0.5) is 0 Å². The number of hydrogen-bond acceptors (Lipinski definition) is 5. The van der Waals surface area contributed by atoms with E-state index in [1.165, 1.54) is 6.42 Å². The van der Waals surface area contributed by atoms with Crippen LogP contribution in [0.3, 0.4) is 0 Å². The number of aromatic nitrogens is 4. The monoisotopic (exact) mass is 299 g/mol. The van der Waals surface area contributed by atoms with Gasteiger partial charge in [0.15, 0.2) is 5.82 Å². The van der Waals surface area contributed by atoms with Crippen LogP contribution in [0.1, 0.15) is 49.3 Å². The third-order valence-corrected chi connectivity index (χ3v) is 4.50. The van der Waals surface area contributed by atoms with Crippen molar-refractivity contribution in [1.29, 1.82) is 0 Å². The largest absolute Gasteiger partial charge is 0.381 e. The summed E-state index contributed by atoms with van der Waals surface area (Å²) < 4.78 is 7.43. The van der Waals surface area contributed by atoms with Crippen LogP contribution in [0.15, 0.2) is 24.5 Å². The molecule has 1 N–H and O–H groups in total. The first-order valence-electron chi connectivity index (χ1n) is 8.10. The van der Waals surface area contributed by atoms with Gasteiger partial charge in [0, 0.05) is 25.3 Å². The molecule has 0 saturated carbocycles. The maximum absolute atomic E-state index is 5.46. The van der Waals surface area contributed by atoms with Crippen molar-refractivity contribution in [3.63, 3.8) is 0 Å². The summed E-state index contributed by atoms with van der Waals surface area (Å²) in [4.78, 5) is 9.12. The zero-order valence-electron chi connectivity index (χ0n) is 12.6. The minimum absolute atomic E-state index is 0.293. The van der Waals surface area contributed by atoms with Crippen molar-refractivity contribution in [2.24, 2.45) is 0 Å². The van der Waals surface area contributed by atoms with E-state index in [0.29, 0.717) is 12.0 Å². The Balaban J connectivity index is 1.72. The summed E-state index contributed by atoms with van der Waals surface area (Å²) in [5, 5.41) is 8.35. The van der Waals surface area contributed by atoms with Gasteiger partial charge in [0.2, 0.25) is 0 Å². The number of nitrogens with zero attached hydrogens (tertiary/aromatic N) is 4. The summed E-state index contributed by atoms with van der Waals surface area (Å²) >= 11 is 0. The molecule has 6 nitrogen and oxygen atoms in total. The van der Waals surface area contributed by atoms with Crippen LogP contribution in [-0.4, -0.2) is 39.5 Å². The van der Waals surface area contributed by atoms with E-state index in [2.05, 4.69) is 10.3 Å². The lowest BCUT2D eigenvalue weighted by Crippen LogP contribution is -2.18. The molecule has 22 heavy (non-hydrogen) atoms. The number of hydrogen-bond donors (Lipinski definition) is 1. The van der Waals surface area contributed by atoms with Crippen LogP contribution in [0, 0.1) is 0 Å². The molecule has 0 amide bonds. The van der Waals surface area contributed by atoms with Crippen LogP contribution in [-0.2, 0) is 4.74 Å². The van der Waals surface area contributed by atoms with Gasteiger partial charge in [-0.15, -0.1) is 0 Å². The summed E-state index contributed by atoms with van der Waals surface area (Å²) in [7, 11) is 0. The average molecular weight is 299 g/mol. The van der Waals surface area contributed by atoms with Crippen LogP contribution >= 0.6 is 0 Å². The molecule has 2 saturated heterocycles. The van der Waals surface area contributed by atoms with Crippen molar-refractivity contribution in [2.45, 2.75) is 37.6 Å². The summed E-state index contributed by atoms with van der Waals surface area (Å²) in [5.74, 6) is 2.38. The van der Waals surface area contributed by atoms with Gasteiger partial charge in [-0.05, 0) is 44.4 Å². The Kier molecular flexibility index (Phi) is 3.86. The lowest BCUT2D eigenvalue weighted by molar-refractivity contribution is 0.0836. The van der Waals surface area contributed by atoms with Crippen molar-refractivity contribution >= 4 is 0 Å². The minimum atomic E-state index is 0.293. The van der Waals surface area contributed by atoms with E-state index in [1.54, 1.807) is 6.20 Å². The molecule has 2 fully saturated rings. The van der Waals surface area contributed by atoms with Crippen LogP contribution in [0.2, 0.25) is 0 Å². The first kappa shape index (κ1) is 13.8. The van der Waals surface area contributed by atoms with Gasteiger partial charge < -0.3 is 10.1 Å². The molecular weight excluding hydrogens is 278 g/mol. The molecule has 2 aromatic rings. The SMILES string of the molecule is c1cncc(-n2nc(C3CCOCC3)nc2[C@H]2CCCN2)c1. The molecule has 1 atom stereocenters. The number of rotatable bonds is 3. The van der Waals surface area contributed by atoms with Gasteiger partial charge in [0.05, 0.1) is 17.9 Å². The molecule has 0 aliphatic carbocycles. The molecule has 0 radical (unpaired) electrons. The van der Waals surface area contributed by atoms with Gasteiger partial charge >= 0.3 is 0 Å². The van der Waals surface area contributed by atoms with Crippen molar-refractivity contribution in [3.05, 3.63) is 36.2 Å². The van der Waals surface area contributed by atoms with E-state index in [-0.39, 0.29) is 0 Å². The quantitative estimate of drug-likeness (QED) is 0.939. The van der Waals surface area contributed by atoms with Crippen molar-refractivity contribution < 1.29 is 4.74 Å². The molecule has 4 heterocycles. The van der Waals surface area contributed by atoms with Crippen molar-refractivity contribution in [1.82, 2.24) is 25.1 Å². The van der Waals surface area contributed by atoms with Gasteiger partial charge in [0.1, 0.15) is 5.82 Å². The topological polar surface area (TPSA) is 64.9 Å². The second-order valence-electron chi connectivity index (χ2n) is 5.99. The van der Waals surface area contributed by atoms with Gasteiger partial charge in [0.25, 0.3) is 0 Å². The van der Waals surface area contributed by atoms with Crippen molar-refractivity contribution in [3.8, 4) is 5.69 Å². The molecule has 116 valence electrons. The predicted molar refractivity (Wildman–Crippen MR) is 81.9 cm³/mol. The number of nitrogens with one attached hydrogen (secondary N) is 1. The third kappa shape index (κ3) is 2.64. The Morgan fingerprint density at radius 1 is 1.23 bits per heavy atom. The Morgan fingerprint density at radius 2 is 2.14 bits per heavy atom. The lowest BCUT2D eigenvalue weighted by Gasteiger charge is -2.18. The molecule has 2 aliphatic rings. The van der Waals surface area contributed by atoms with Crippen LogP contribution in [0.5, 0.6) is 0 Å². The van der Waals surface area contributed by atoms with Crippen LogP contribution < -0.4 is 5.32 Å². The minimum Gasteiger partial charge on any atom is -0.381 e. The predicted octanol–water partition coefficient (Wildman–Crippen LogP) is 1.98. The highest BCUT2D eigenvalue weighted by Gasteiger charge is 2.27. The summed E-state index contributed by atoms with van der Waals surface area (Å²) in [6.45, 7) is 2.67. The maximum atomic E-state index is 5.46. The molecular formula is C16H21N5O. The molecule has 0 bridgehead atoms. The standard InChI is InChI=1S/C16H21N5O/c1-3-13(11-17-7-1)21-16(14-4-2-8-18-14)19-15(20-21)12-5-9-22-10-6-12/h1,3,7,11-12,14,18H,2,4-6,8-10H2/t14-/m1/s1. The molecule has 0 unspecified atom stereocenters. The van der Waals surface area contributed by atoms with Gasteiger partial charge in [-0.3, -0.25) is 4.98 Å². The fourth-order valence-corrected chi connectivity index (χ4v) is 3.27. The van der Waals surface area contributed by atoms with E-state index in [0.717, 1.165) is 56.4 Å². The van der Waals surface area contributed by atoms with E-state index >= 15 is 0 Å². The van der Waals surface area contributed by atoms with E-state index in [4.69, 9.17) is 14.8 Å². The lowest BCUT2D eigenvalue weighted by atomic mass is 10.00. The van der Waals surface area contributed by atoms with E-state index < -0.39 is 0 Å². The highest BCUT2D eigenvalue weighted by Crippen LogP contribution is 2.29. The van der Waals surface area contributed by atoms with Gasteiger partial charge in [-0.1, -0.05) is 0 Å². The Hall–Kier alpha value is -1.79. The summed E-state index contributed by atoms with van der Waals surface area (Å²) in [6.07, 6.45) is 7.96. The third-order valence-electron chi connectivity index (χ3n) is 4.50. The van der Waals surface area contributed by atoms with Gasteiger partial charge in [-0.25, -0.2) is 9.67 Å². The molecule has 6 heteroatoms. The Morgan fingerprint density at radius 3 is 2.86 bits per heavy atom. The zero-order valence-corrected chi connectivity index (χ0v) is 12.6. The zero-order chi connectivity index (χ0) is 14.8. The van der Waals surface area contributed by atoms with Crippen molar-refractivity contribution in [2.75, 3.05) is 19.8 Å². The normalized spacial score (nSPS) is 23.0. The Labute approximate surface area is 129 Å². The van der Waals surface area contributed by atoms with E-state index in [9.17, 15) is 0 Å². The highest BCUT2D eigenvalue weighted by molar-refractivity contribution is 5.29. The highest BCUT2D eigenvalue weighted by atomic mass is 16.5. The first-order chi connectivity index (χ1) is 10.9. The summed E-state index contributed by atoms with van der Waals surface area (Å²) in [6, 6.07) is 4.27. The fourth-order valence-electron chi connectivity index (χ4n) is 3.27. The Bertz CT molecular complexity index is 615. The summed E-state index contributed by atoms with van der Waals surface area (Å²) in [5.41, 5.74) is 0.983.